The number of alkyl halides is 3. The van der Waals surface area contributed by atoms with Gasteiger partial charge in [0, 0.05) is 6.04 Å². The van der Waals surface area contributed by atoms with Crippen molar-refractivity contribution in [3.8, 4) is 0 Å². The van der Waals surface area contributed by atoms with Crippen LogP contribution in [0.2, 0.25) is 5.15 Å². The minimum Gasteiger partial charge on any atom is -0.367 e. The molecular formula is C11H12ClF3N2. The van der Waals surface area contributed by atoms with E-state index in [1.807, 2.05) is 0 Å². The van der Waals surface area contributed by atoms with Crippen LogP contribution in [0.15, 0.2) is 12.1 Å². The predicted molar refractivity (Wildman–Crippen MR) is 60.1 cm³/mol. The van der Waals surface area contributed by atoms with E-state index in [1.165, 1.54) is 0 Å². The van der Waals surface area contributed by atoms with Crippen LogP contribution in [-0.2, 0) is 6.18 Å². The normalized spacial score (nSPS) is 23.6. The number of halogens is 4. The molecule has 2 nitrogen and oxygen atoms in total. The predicted octanol–water partition coefficient (Wildman–Crippen LogP) is 3.96. The van der Waals surface area contributed by atoms with Gasteiger partial charge in [-0.25, -0.2) is 4.98 Å². The molecule has 0 aromatic carbocycles. The van der Waals surface area contributed by atoms with E-state index in [-0.39, 0.29) is 17.0 Å². The highest BCUT2D eigenvalue weighted by Gasteiger charge is 2.36. The Labute approximate surface area is 102 Å². The third-order valence-electron chi connectivity index (χ3n) is 2.90. The molecule has 0 aliphatic heterocycles. The Morgan fingerprint density at radius 1 is 1.47 bits per heavy atom. The Balaban J connectivity index is 2.15. The Kier molecular flexibility index (Phi) is 3.21. The minimum atomic E-state index is -4.39. The molecule has 2 rings (SSSR count). The maximum absolute atomic E-state index is 12.5. The first-order valence-corrected chi connectivity index (χ1v) is 5.79. The lowest BCUT2D eigenvalue weighted by Gasteiger charge is -2.10. The number of nitrogens with one attached hydrogen (secondary N) is 1. The Hall–Kier alpha value is -0.970. The maximum Gasteiger partial charge on any atom is 0.416 e. The summed E-state index contributed by atoms with van der Waals surface area (Å²) in [7, 11) is 0. The SMILES string of the molecule is CCC1CC1Nc1cc(C(F)(F)F)cc(Cl)n1. The molecule has 0 bridgehead atoms. The van der Waals surface area contributed by atoms with Gasteiger partial charge in [0.25, 0.3) is 0 Å². The molecule has 0 radical (unpaired) electrons. The van der Waals surface area contributed by atoms with E-state index in [0.717, 1.165) is 25.0 Å². The summed E-state index contributed by atoms with van der Waals surface area (Å²) in [5, 5.41) is 2.83. The zero-order chi connectivity index (χ0) is 12.6. The topological polar surface area (TPSA) is 24.9 Å². The molecule has 0 spiro atoms. The zero-order valence-electron chi connectivity index (χ0n) is 9.18. The number of hydrogen-bond acceptors (Lipinski definition) is 2. The van der Waals surface area contributed by atoms with Crippen molar-refractivity contribution >= 4 is 17.4 Å². The third-order valence-corrected chi connectivity index (χ3v) is 3.10. The molecule has 2 unspecified atom stereocenters. The molecule has 1 aromatic heterocycles. The van der Waals surface area contributed by atoms with Gasteiger partial charge in [-0.05, 0) is 24.5 Å². The summed E-state index contributed by atoms with van der Waals surface area (Å²) in [6.07, 6.45) is -2.40. The van der Waals surface area contributed by atoms with E-state index < -0.39 is 11.7 Å². The third kappa shape index (κ3) is 3.03. The van der Waals surface area contributed by atoms with E-state index in [9.17, 15) is 13.2 Å². The van der Waals surface area contributed by atoms with Crippen LogP contribution in [0.3, 0.4) is 0 Å². The van der Waals surface area contributed by atoms with Gasteiger partial charge in [0.05, 0.1) is 5.56 Å². The largest absolute Gasteiger partial charge is 0.416 e. The lowest BCUT2D eigenvalue weighted by molar-refractivity contribution is -0.137. The first-order chi connectivity index (χ1) is 7.90. The van der Waals surface area contributed by atoms with Gasteiger partial charge < -0.3 is 5.32 Å². The first kappa shape index (κ1) is 12.5. The lowest BCUT2D eigenvalue weighted by atomic mass is 10.2. The van der Waals surface area contributed by atoms with E-state index in [1.54, 1.807) is 0 Å². The van der Waals surface area contributed by atoms with Gasteiger partial charge >= 0.3 is 6.18 Å². The quantitative estimate of drug-likeness (QED) is 0.836. The van der Waals surface area contributed by atoms with E-state index in [0.29, 0.717) is 5.92 Å². The van der Waals surface area contributed by atoms with Gasteiger partial charge in [-0.3, -0.25) is 0 Å². The van der Waals surface area contributed by atoms with Crippen LogP contribution in [0, 0.1) is 5.92 Å². The Morgan fingerprint density at radius 2 is 2.18 bits per heavy atom. The van der Waals surface area contributed by atoms with Crippen LogP contribution < -0.4 is 5.32 Å². The molecule has 2 atom stereocenters. The number of nitrogens with zero attached hydrogens (tertiary/aromatic N) is 1. The van der Waals surface area contributed by atoms with E-state index in [4.69, 9.17) is 11.6 Å². The van der Waals surface area contributed by atoms with Gasteiger partial charge in [-0.2, -0.15) is 13.2 Å². The van der Waals surface area contributed by atoms with Crippen molar-refractivity contribution in [1.82, 2.24) is 4.98 Å². The van der Waals surface area contributed by atoms with Gasteiger partial charge in [0.15, 0.2) is 0 Å². The standard InChI is InChI=1S/C11H12ClF3N2/c1-2-6-3-8(6)16-10-5-7(11(13,14)15)4-9(12)17-10/h4-6,8H,2-3H2,1H3,(H,16,17). The van der Waals surface area contributed by atoms with Crippen LogP contribution >= 0.6 is 11.6 Å². The highest BCUT2D eigenvalue weighted by atomic mass is 35.5. The summed E-state index contributed by atoms with van der Waals surface area (Å²) >= 11 is 5.58. The van der Waals surface area contributed by atoms with Crippen LogP contribution in [-0.4, -0.2) is 11.0 Å². The van der Waals surface area contributed by atoms with Gasteiger partial charge in [-0.15, -0.1) is 0 Å². The molecule has 94 valence electrons. The molecule has 1 aromatic rings. The summed E-state index contributed by atoms with van der Waals surface area (Å²) in [5.74, 6) is 0.732. The van der Waals surface area contributed by atoms with E-state index >= 15 is 0 Å². The minimum absolute atomic E-state index is 0.143. The lowest BCUT2D eigenvalue weighted by Crippen LogP contribution is -2.10. The second kappa shape index (κ2) is 4.37. The van der Waals surface area contributed by atoms with Crippen LogP contribution in [0.1, 0.15) is 25.3 Å². The molecule has 0 saturated heterocycles. The summed E-state index contributed by atoms with van der Waals surface area (Å²) in [4.78, 5) is 3.85. The zero-order valence-corrected chi connectivity index (χ0v) is 9.94. The summed E-state index contributed by atoms with van der Waals surface area (Å²) in [6.45, 7) is 2.05. The number of pyridine rings is 1. The van der Waals surface area contributed by atoms with Gasteiger partial charge in [0.2, 0.25) is 0 Å². The van der Waals surface area contributed by atoms with Crippen molar-refractivity contribution in [1.29, 1.82) is 0 Å². The molecule has 0 amide bonds. The van der Waals surface area contributed by atoms with Crippen LogP contribution in [0.25, 0.3) is 0 Å². The van der Waals surface area contributed by atoms with Crippen molar-refractivity contribution < 1.29 is 13.2 Å². The van der Waals surface area contributed by atoms with Crippen LogP contribution in [0.5, 0.6) is 0 Å². The maximum atomic E-state index is 12.5. The van der Waals surface area contributed by atoms with E-state index in [2.05, 4.69) is 17.2 Å². The van der Waals surface area contributed by atoms with Gasteiger partial charge in [-0.1, -0.05) is 24.9 Å². The molecule has 1 saturated carbocycles. The second-order valence-corrected chi connectivity index (χ2v) is 4.60. The summed E-state index contributed by atoms with van der Waals surface area (Å²) in [6, 6.07) is 2.06. The molecule has 1 heterocycles. The van der Waals surface area contributed by atoms with Crippen LogP contribution in [0.4, 0.5) is 19.0 Å². The second-order valence-electron chi connectivity index (χ2n) is 4.22. The van der Waals surface area contributed by atoms with Crippen molar-refractivity contribution in [2.24, 2.45) is 5.92 Å². The summed E-state index contributed by atoms with van der Waals surface area (Å²) < 4.78 is 37.6. The fourth-order valence-corrected chi connectivity index (χ4v) is 2.01. The average molecular weight is 265 g/mol. The average Bonchev–Trinajstić information content (AvgIpc) is 2.94. The molecular weight excluding hydrogens is 253 g/mol. The Morgan fingerprint density at radius 3 is 2.71 bits per heavy atom. The van der Waals surface area contributed by atoms with Crippen molar-refractivity contribution in [2.45, 2.75) is 32.0 Å². The first-order valence-electron chi connectivity index (χ1n) is 5.41. The smallest absolute Gasteiger partial charge is 0.367 e. The van der Waals surface area contributed by atoms with Gasteiger partial charge in [0.1, 0.15) is 11.0 Å². The fourth-order valence-electron chi connectivity index (χ4n) is 1.80. The van der Waals surface area contributed by atoms with Crippen molar-refractivity contribution in [2.75, 3.05) is 5.32 Å². The number of anilines is 1. The number of hydrogen-bond donors (Lipinski definition) is 1. The molecule has 17 heavy (non-hydrogen) atoms. The number of aromatic nitrogens is 1. The molecule has 6 heteroatoms. The van der Waals surface area contributed by atoms with Crippen molar-refractivity contribution in [3.63, 3.8) is 0 Å². The Bertz CT molecular complexity index is 420. The highest BCUT2D eigenvalue weighted by molar-refractivity contribution is 6.29. The summed E-state index contributed by atoms with van der Waals surface area (Å²) in [5.41, 5.74) is -0.770. The monoisotopic (exact) mass is 264 g/mol. The van der Waals surface area contributed by atoms with Crippen molar-refractivity contribution in [3.05, 3.63) is 22.8 Å². The molecule has 1 aliphatic rings. The molecule has 1 aliphatic carbocycles. The molecule has 1 N–H and O–H groups in total. The number of rotatable bonds is 3. The fraction of sp³-hybridized carbons (Fsp3) is 0.545. The highest BCUT2D eigenvalue weighted by Crippen LogP contribution is 2.37. The molecule has 1 fully saturated rings.